The summed E-state index contributed by atoms with van der Waals surface area (Å²) >= 11 is 0. The number of aromatic amines is 1. The van der Waals surface area contributed by atoms with Crippen molar-refractivity contribution in [2.45, 2.75) is 63.8 Å². The second-order valence-corrected chi connectivity index (χ2v) is 6.53. The van der Waals surface area contributed by atoms with Crippen molar-refractivity contribution in [1.29, 1.82) is 0 Å². The van der Waals surface area contributed by atoms with E-state index < -0.39 is 7.25 Å². The molecule has 22 heavy (non-hydrogen) atoms. The molecule has 1 N–H and O–H groups in total. The minimum atomic E-state index is -6.00. The van der Waals surface area contributed by atoms with Gasteiger partial charge in [-0.2, -0.15) is 0 Å². The first-order valence-electron chi connectivity index (χ1n) is 8.34. The van der Waals surface area contributed by atoms with E-state index in [-0.39, 0.29) is 0 Å². The van der Waals surface area contributed by atoms with Crippen molar-refractivity contribution in [3.63, 3.8) is 0 Å². The fourth-order valence-corrected chi connectivity index (χ4v) is 4.03. The maximum absolute atomic E-state index is 9.75. The van der Waals surface area contributed by atoms with Gasteiger partial charge in [0.25, 0.3) is 0 Å². The molecule has 2 fully saturated rings. The lowest BCUT2D eigenvalue weighted by Crippen LogP contribution is -2.41. The van der Waals surface area contributed by atoms with E-state index in [1.165, 1.54) is 57.8 Å². The monoisotopic (exact) mass is 320 g/mol. The van der Waals surface area contributed by atoms with Crippen LogP contribution in [0.5, 0.6) is 0 Å². The number of rotatable bonds is 2. The fourth-order valence-electron chi connectivity index (χ4n) is 4.03. The van der Waals surface area contributed by atoms with E-state index in [1.54, 1.807) is 0 Å². The lowest BCUT2D eigenvalue weighted by molar-refractivity contribution is -0.725. The number of hydrogen-bond acceptors (Lipinski definition) is 0. The average Bonchev–Trinajstić information content (AvgIpc) is 3.01. The Morgan fingerprint density at radius 3 is 2.09 bits per heavy atom. The lowest BCUT2D eigenvalue weighted by atomic mass is 9.72. The zero-order valence-corrected chi connectivity index (χ0v) is 12.9. The topological polar surface area (TPSA) is 19.7 Å². The van der Waals surface area contributed by atoms with Crippen molar-refractivity contribution >= 4 is 7.25 Å². The predicted octanol–water partition coefficient (Wildman–Crippen LogP) is 4.91. The summed E-state index contributed by atoms with van der Waals surface area (Å²) in [5.41, 5.74) is 0. The Balaban J connectivity index is 0.000000309. The summed E-state index contributed by atoms with van der Waals surface area (Å²) in [5, 5.41) is 0. The van der Waals surface area contributed by atoms with Crippen LogP contribution in [0.4, 0.5) is 17.3 Å². The highest BCUT2D eigenvalue weighted by atomic mass is 19.5. The van der Waals surface area contributed by atoms with E-state index in [0.29, 0.717) is 0 Å². The smallest absolute Gasteiger partial charge is 0.418 e. The quantitative estimate of drug-likeness (QED) is 0.454. The zero-order chi connectivity index (χ0) is 16.0. The van der Waals surface area contributed by atoms with E-state index in [4.69, 9.17) is 0 Å². The summed E-state index contributed by atoms with van der Waals surface area (Å²) in [7, 11) is -6.00. The summed E-state index contributed by atoms with van der Waals surface area (Å²) in [6.07, 6.45) is 19.6. The van der Waals surface area contributed by atoms with Gasteiger partial charge in [0.15, 0.2) is 0 Å². The molecule has 1 aromatic rings. The molecule has 0 aromatic carbocycles. The Kier molecular flexibility index (Phi) is 6.32. The lowest BCUT2D eigenvalue weighted by Gasteiger charge is -2.35. The highest BCUT2D eigenvalue weighted by Gasteiger charge is 2.31. The van der Waals surface area contributed by atoms with Crippen molar-refractivity contribution in [1.82, 2.24) is 4.98 Å². The molecule has 0 saturated heterocycles. The third-order valence-corrected chi connectivity index (χ3v) is 4.99. The molecule has 3 rings (SSSR count). The number of nitrogens with one attached hydrogen (secondary N) is 1. The molecule has 2 atom stereocenters. The Hall–Kier alpha value is -1.01. The third-order valence-electron chi connectivity index (χ3n) is 4.99. The van der Waals surface area contributed by atoms with E-state index in [0.717, 1.165) is 17.9 Å². The Morgan fingerprint density at radius 2 is 1.50 bits per heavy atom. The summed E-state index contributed by atoms with van der Waals surface area (Å²) in [4.78, 5) is 3.18. The minimum absolute atomic E-state index is 0.766. The van der Waals surface area contributed by atoms with Gasteiger partial charge < -0.3 is 17.3 Å². The molecule has 1 aromatic heterocycles. The van der Waals surface area contributed by atoms with E-state index in [2.05, 4.69) is 22.1 Å². The molecule has 126 valence electrons. The minimum Gasteiger partial charge on any atom is -0.418 e. The van der Waals surface area contributed by atoms with Crippen molar-refractivity contribution < 1.29 is 21.8 Å². The van der Waals surface area contributed by atoms with Crippen LogP contribution >= 0.6 is 0 Å². The first kappa shape index (κ1) is 17.4. The van der Waals surface area contributed by atoms with Crippen molar-refractivity contribution in [3.05, 3.63) is 18.7 Å². The maximum atomic E-state index is 9.75. The highest BCUT2D eigenvalue weighted by Crippen LogP contribution is 2.40. The van der Waals surface area contributed by atoms with E-state index in [9.17, 15) is 17.3 Å². The van der Waals surface area contributed by atoms with E-state index in [1.807, 2.05) is 6.20 Å². The molecule has 2 aliphatic rings. The summed E-state index contributed by atoms with van der Waals surface area (Å²) in [5.74, 6) is 2.06. The number of hydrogen-bond donors (Lipinski definition) is 1. The first-order valence-corrected chi connectivity index (χ1v) is 8.34. The van der Waals surface area contributed by atoms with E-state index >= 15 is 0 Å². The highest BCUT2D eigenvalue weighted by molar-refractivity contribution is 6.50. The van der Waals surface area contributed by atoms with Crippen LogP contribution in [0.1, 0.15) is 63.8 Å². The molecule has 0 aliphatic heterocycles. The van der Waals surface area contributed by atoms with Crippen molar-refractivity contribution in [3.8, 4) is 0 Å². The number of H-pyrrole nitrogens is 1. The average molecular weight is 320 g/mol. The van der Waals surface area contributed by atoms with Gasteiger partial charge in [-0.3, -0.25) is 4.98 Å². The van der Waals surface area contributed by atoms with Gasteiger partial charge in [-0.1, -0.05) is 32.1 Å². The molecule has 2 nitrogen and oxygen atoms in total. The molecular formula is C15H25BF4N2. The molecule has 2 aliphatic carbocycles. The molecule has 1 heterocycles. The fraction of sp³-hybridized carbons (Fsp3) is 0.800. The molecule has 7 heteroatoms. The second-order valence-electron chi connectivity index (χ2n) is 6.53. The van der Waals surface area contributed by atoms with Gasteiger partial charge in [0.05, 0.1) is 0 Å². The van der Waals surface area contributed by atoms with Crippen LogP contribution in [-0.4, -0.2) is 12.2 Å². The summed E-state index contributed by atoms with van der Waals surface area (Å²) in [6.45, 7) is 0. The first-order chi connectivity index (χ1) is 10.4. The Morgan fingerprint density at radius 1 is 0.864 bits per heavy atom. The van der Waals surface area contributed by atoms with Gasteiger partial charge in [-0.15, -0.1) is 0 Å². The Bertz CT molecular complexity index is 410. The zero-order valence-electron chi connectivity index (χ0n) is 12.9. The van der Waals surface area contributed by atoms with Gasteiger partial charge in [-0.25, -0.2) is 4.57 Å². The molecule has 2 unspecified atom stereocenters. The normalized spacial score (nSPS) is 27.1. The molecule has 0 bridgehead atoms. The SMILES string of the molecule is F[B-](F)(F)F.c1c[n+](C2CCCC(C3CCCCC3)C2)c[nH]1. The number of aromatic nitrogens is 2. The van der Waals surface area contributed by atoms with Crippen LogP contribution in [-0.2, 0) is 0 Å². The van der Waals surface area contributed by atoms with Gasteiger partial charge >= 0.3 is 7.25 Å². The van der Waals surface area contributed by atoms with Gasteiger partial charge in [-0.05, 0) is 37.5 Å². The van der Waals surface area contributed by atoms with Crippen molar-refractivity contribution in [2.24, 2.45) is 11.8 Å². The van der Waals surface area contributed by atoms with Gasteiger partial charge in [0.2, 0.25) is 6.33 Å². The molecule has 0 amide bonds. The largest absolute Gasteiger partial charge is 0.673 e. The molecule has 2 saturated carbocycles. The van der Waals surface area contributed by atoms with Gasteiger partial charge in [0, 0.05) is 0 Å². The van der Waals surface area contributed by atoms with Crippen LogP contribution in [0, 0.1) is 11.8 Å². The molecule has 0 radical (unpaired) electrons. The standard InChI is InChI=1S/C15H24N2.BF4/c1-2-5-13(6-3-1)14-7-4-8-15(11-14)17-10-9-16-12-17;2-1(3,4)5/h9-10,12-15H,1-8,11H2;/q;-1/p+1. The van der Waals surface area contributed by atoms with Crippen LogP contribution in [0.2, 0.25) is 0 Å². The second kappa shape index (κ2) is 8.02. The molecule has 0 spiro atoms. The number of imidazole rings is 1. The van der Waals surface area contributed by atoms with Gasteiger partial charge in [0.1, 0.15) is 18.4 Å². The van der Waals surface area contributed by atoms with Crippen LogP contribution < -0.4 is 4.57 Å². The summed E-state index contributed by atoms with van der Waals surface area (Å²) < 4.78 is 41.4. The van der Waals surface area contributed by atoms with Crippen LogP contribution in [0.15, 0.2) is 18.7 Å². The summed E-state index contributed by atoms with van der Waals surface area (Å²) in [6, 6.07) is 0.766. The van der Waals surface area contributed by atoms with Crippen LogP contribution in [0.3, 0.4) is 0 Å². The van der Waals surface area contributed by atoms with Crippen molar-refractivity contribution in [2.75, 3.05) is 0 Å². The maximum Gasteiger partial charge on any atom is 0.673 e. The molecular weight excluding hydrogens is 295 g/mol. The predicted molar refractivity (Wildman–Crippen MR) is 78.7 cm³/mol. The number of nitrogens with zero attached hydrogens (tertiary/aromatic N) is 1. The third kappa shape index (κ3) is 6.01. The van der Waals surface area contributed by atoms with Crippen LogP contribution in [0.25, 0.3) is 0 Å². The number of halogens is 4. The Labute approximate surface area is 129 Å².